The summed E-state index contributed by atoms with van der Waals surface area (Å²) in [6.45, 7) is 2.17. The Kier molecular flexibility index (Phi) is 5.45. The Balaban J connectivity index is 2.35. The number of rotatable bonds is 7. The maximum Gasteiger partial charge on any atom is 0.126 e. The molecule has 3 nitrogen and oxygen atoms in total. The first kappa shape index (κ1) is 15.6. The Morgan fingerprint density at radius 3 is 2.24 bits per heavy atom. The van der Waals surface area contributed by atoms with Crippen LogP contribution in [0.15, 0.2) is 30.3 Å². The minimum absolute atomic E-state index is 0.420. The third-order valence-corrected chi connectivity index (χ3v) is 3.87. The summed E-state index contributed by atoms with van der Waals surface area (Å²) in [6.07, 6.45) is 3.74. The average molecular weight is 288 g/mol. The molecule has 0 saturated carbocycles. The zero-order valence-electron chi connectivity index (χ0n) is 13.1. The van der Waals surface area contributed by atoms with Gasteiger partial charge in [-0.15, -0.1) is 0 Å². The number of methoxy groups -OCH3 is 2. The van der Waals surface area contributed by atoms with Gasteiger partial charge in [0.2, 0.25) is 0 Å². The highest BCUT2D eigenvalue weighted by Crippen LogP contribution is 2.35. The zero-order chi connectivity index (χ0) is 15.2. The van der Waals surface area contributed by atoms with E-state index in [-0.39, 0.29) is 0 Å². The molecule has 1 N–H and O–H groups in total. The third-order valence-electron chi connectivity index (χ3n) is 3.87. The van der Waals surface area contributed by atoms with Crippen molar-refractivity contribution < 1.29 is 14.6 Å². The van der Waals surface area contributed by atoms with Crippen molar-refractivity contribution in [3.8, 4) is 11.5 Å². The van der Waals surface area contributed by atoms with Crippen LogP contribution < -0.4 is 9.47 Å². The Labute approximate surface area is 126 Å². The van der Waals surface area contributed by atoms with Crippen LogP contribution in [-0.4, -0.2) is 19.3 Å². The minimum Gasteiger partial charge on any atom is -0.496 e. The van der Waals surface area contributed by atoms with Gasteiger partial charge in [-0.05, 0) is 30.2 Å². The highest BCUT2D eigenvalue weighted by atomic mass is 16.5. The molecule has 0 heterocycles. The predicted octanol–water partition coefficient (Wildman–Crippen LogP) is 4.47. The summed E-state index contributed by atoms with van der Waals surface area (Å²) in [5.74, 6) is 1.62. The van der Waals surface area contributed by atoms with Crippen molar-refractivity contribution in [1.29, 1.82) is 0 Å². The molecule has 0 aromatic heterocycles. The van der Waals surface area contributed by atoms with Gasteiger partial charge in [0.25, 0.3) is 0 Å². The van der Waals surface area contributed by atoms with E-state index in [9.17, 15) is 5.11 Å². The molecule has 0 saturated heterocycles. The van der Waals surface area contributed by atoms with Gasteiger partial charge in [-0.3, -0.25) is 0 Å². The smallest absolute Gasteiger partial charge is 0.126 e. The molecular weight excluding hydrogens is 264 g/mol. The Hall–Kier alpha value is -1.74. The van der Waals surface area contributed by atoms with Crippen molar-refractivity contribution in [1.82, 2.24) is 0 Å². The monoisotopic (exact) mass is 288 g/mol. The van der Waals surface area contributed by atoms with Gasteiger partial charge in [0, 0.05) is 10.8 Å². The van der Waals surface area contributed by atoms with E-state index in [1.807, 2.05) is 30.3 Å². The Bertz CT molecular complexity index is 592. The lowest BCUT2D eigenvalue weighted by atomic mass is 9.99. The molecule has 0 amide bonds. The largest absolute Gasteiger partial charge is 0.496 e. The molecule has 0 aliphatic rings. The molecule has 3 heteroatoms. The lowest BCUT2D eigenvalue weighted by Crippen LogP contribution is -1.98. The molecule has 21 heavy (non-hydrogen) atoms. The van der Waals surface area contributed by atoms with Gasteiger partial charge in [-0.25, -0.2) is 0 Å². The van der Waals surface area contributed by atoms with E-state index < -0.39 is 6.10 Å². The quantitative estimate of drug-likeness (QED) is 0.764. The first-order valence-electron chi connectivity index (χ1n) is 7.54. The van der Waals surface area contributed by atoms with Crippen LogP contribution in [0.2, 0.25) is 0 Å². The summed E-state index contributed by atoms with van der Waals surface area (Å²) in [5.41, 5.74) is 0.935. The van der Waals surface area contributed by atoms with Crippen molar-refractivity contribution in [2.75, 3.05) is 14.2 Å². The fourth-order valence-electron chi connectivity index (χ4n) is 2.63. The van der Waals surface area contributed by atoms with Crippen molar-refractivity contribution in [2.45, 2.75) is 38.7 Å². The number of hydrogen-bond donors (Lipinski definition) is 1. The SMILES string of the molecule is CCCCCC(O)c1ccc2c(OC)ccc(OC)c2c1. The van der Waals surface area contributed by atoms with E-state index in [0.29, 0.717) is 0 Å². The van der Waals surface area contributed by atoms with E-state index in [4.69, 9.17) is 9.47 Å². The van der Waals surface area contributed by atoms with Crippen LogP contribution in [0.5, 0.6) is 11.5 Å². The maximum absolute atomic E-state index is 10.3. The van der Waals surface area contributed by atoms with Gasteiger partial charge >= 0.3 is 0 Å². The van der Waals surface area contributed by atoms with E-state index >= 15 is 0 Å². The predicted molar refractivity (Wildman–Crippen MR) is 86.2 cm³/mol. The first-order chi connectivity index (χ1) is 10.2. The molecule has 0 bridgehead atoms. The van der Waals surface area contributed by atoms with E-state index in [0.717, 1.165) is 53.5 Å². The average Bonchev–Trinajstić information content (AvgIpc) is 2.53. The number of hydrogen-bond acceptors (Lipinski definition) is 3. The van der Waals surface area contributed by atoms with Crippen LogP contribution in [0.4, 0.5) is 0 Å². The topological polar surface area (TPSA) is 38.7 Å². The number of aliphatic hydroxyl groups excluding tert-OH is 1. The Morgan fingerprint density at radius 1 is 0.952 bits per heavy atom. The summed E-state index contributed by atoms with van der Waals surface area (Å²) >= 11 is 0. The molecule has 2 rings (SSSR count). The van der Waals surface area contributed by atoms with E-state index in [2.05, 4.69) is 6.92 Å². The number of benzene rings is 2. The molecular formula is C18H24O3. The van der Waals surface area contributed by atoms with Crippen LogP contribution in [0.3, 0.4) is 0 Å². The summed E-state index contributed by atoms with van der Waals surface area (Å²) in [6, 6.07) is 9.77. The highest BCUT2D eigenvalue weighted by Gasteiger charge is 2.12. The van der Waals surface area contributed by atoms with Crippen LogP contribution in [0.25, 0.3) is 10.8 Å². The van der Waals surface area contributed by atoms with Crippen LogP contribution in [-0.2, 0) is 0 Å². The van der Waals surface area contributed by atoms with Crippen molar-refractivity contribution >= 4 is 10.8 Å². The van der Waals surface area contributed by atoms with Crippen molar-refractivity contribution in [3.05, 3.63) is 35.9 Å². The fourth-order valence-corrected chi connectivity index (χ4v) is 2.63. The molecule has 2 aromatic carbocycles. The van der Waals surface area contributed by atoms with Gasteiger partial charge < -0.3 is 14.6 Å². The van der Waals surface area contributed by atoms with Crippen LogP contribution >= 0.6 is 0 Å². The highest BCUT2D eigenvalue weighted by molar-refractivity contribution is 5.93. The van der Waals surface area contributed by atoms with E-state index in [1.165, 1.54) is 0 Å². The van der Waals surface area contributed by atoms with Gasteiger partial charge in [0.15, 0.2) is 0 Å². The minimum atomic E-state index is -0.420. The number of fused-ring (bicyclic) bond motifs is 1. The maximum atomic E-state index is 10.3. The summed E-state index contributed by atoms with van der Waals surface area (Å²) in [5, 5.41) is 12.3. The van der Waals surface area contributed by atoms with Crippen LogP contribution in [0, 0.1) is 0 Å². The standard InChI is InChI=1S/C18H24O3/c1-4-5-6-7-16(19)13-8-9-14-15(12-13)18(21-3)11-10-17(14)20-2/h8-12,16,19H,4-7H2,1-3H3. The van der Waals surface area contributed by atoms with E-state index in [1.54, 1.807) is 14.2 Å². The molecule has 0 spiro atoms. The number of unbranched alkanes of at least 4 members (excludes halogenated alkanes) is 2. The summed E-state index contributed by atoms with van der Waals surface area (Å²) < 4.78 is 10.8. The van der Waals surface area contributed by atoms with Gasteiger partial charge in [0.05, 0.1) is 20.3 Å². The summed E-state index contributed by atoms with van der Waals surface area (Å²) in [4.78, 5) is 0. The van der Waals surface area contributed by atoms with Crippen molar-refractivity contribution in [3.63, 3.8) is 0 Å². The molecule has 0 aliphatic heterocycles. The molecule has 1 atom stereocenters. The van der Waals surface area contributed by atoms with Crippen LogP contribution in [0.1, 0.15) is 44.3 Å². The number of ether oxygens (including phenoxy) is 2. The molecule has 114 valence electrons. The molecule has 0 radical (unpaired) electrons. The lowest BCUT2D eigenvalue weighted by molar-refractivity contribution is 0.163. The lowest BCUT2D eigenvalue weighted by Gasteiger charge is -2.14. The molecule has 0 aliphatic carbocycles. The number of aliphatic hydroxyl groups is 1. The Morgan fingerprint density at radius 2 is 1.62 bits per heavy atom. The third kappa shape index (κ3) is 3.48. The zero-order valence-corrected chi connectivity index (χ0v) is 13.1. The second-order valence-electron chi connectivity index (χ2n) is 5.29. The molecule has 1 unspecified atom stereocenters. The van der Waals surface area contributed by atoms with Gasteiger partial charge in [0.1, 0.15) is 11.5 Å². The normalized spacial score (nSPS) is 12.4. The first-order valence-corrected chi connectivity index (χ1v) is 7.54. The van der Waals surface area contributed by atoms with Crippen molar-refractivity contribution in [2.24, 2.45) is 0 Å². The molecule has 2 aromatic rings. The van der Waals surface area contributed by atoms with Gasteiger partial charge in [-0.1, -0.05) is 38.3 Å². The molecule has 0 fully saturated rings. The second kappa shape index (κ2) is 7.32. The summed E-state index contributed by atoms with van der Waals surface area (Å²) in [7, 11) is 3.32. The second-order valence-corrected chi connectivity index (χ2v) is 5.29. The fraction of sp³-hybridized carbons (Fsp3) is 0.444. The van der Waals surface area contributed by atoms with Gasteiger partial charge in [-0.2, -0.15) is 0 Å².